The van der Waals surface area contributed by atoms with Crippen molar-refractivity contribution in [1.82, 2.24) is 9.13 Å². The maximum atomic E-state index is 13.0. The van der Waals surface area contributed by atoms with Gasteiger partial charge in [0.25, 0.3) is 22.9 Å². The number of aromatic hydroxyl groups is 2. The first kappa shape index (κ1) is 39.2. The molecule has 0 radical (unpaired) electrons. The number of anilines is 2. The van der Waals surface area contributed by atoms with Gasteiger partial charge in [-0.05, 0) is 62.4 Å². The van der Waals surface area contributed by atoms with E-state index < -0.39 is 22.9 Å². The molecule has 0 fully saturated rings. The minimum absolute atomic E-state index is 0. The molecule has 2 heterocycles. The first-order chi connectivity index (χ1) is 23.9. The van der Waals surface area contributed by atoms with Crippen LogP contribution < -0.4 is 50.5 Å². The fourth-order valence-corrected chi connectivity index (χ4v) is 6.34. The maximum absolute atomic E-state index is 13.0. The topological polar surface area (TPSA) is 125 Å². The van der Waals surface area contributed by atoms with Gasteiger partial charge in [0.15, 0.2) is 0 Å². The molecule has 0 atom stereocenters. The van der Waals surface area contributed by atoms with Gasteiger partial charge in [0.05, 0.1) is 31.9 Å². The molecule has 2 N–H and O–H groups in total. The number of nitrogens with zero attached hydrogens (tertiary/aromatic N) is 4. The van der Waals surface area contributed by atoms with Gasteiger partial charge in [-0.15, -0.1) is 0 Å². The number of fused-ring (bicyclic) bond motifs is 2. The number of amides is 2. The van der Waals surface area contributed by atoms with E-state index >= 15 is 0 Å². The van der Waals surface area contributed by atoms with E-state index in [4.69, 9.17) is 23.2 Å². The second-order valence-electron chi connectivity index (χ2n) is 11.2. The molecule has 2 amide bonds. The Morgan fingerprint density at radius 3 is 1.24 bits per heavy atom. The van der Waals surface area contributed by atoms with Crippen LogP contribution in [0.5, 0.6) is 11.5 Å². The first-order valence-electron chi connectivity index (χ1n) is 15.7. The van der Waals surface area contributed by atoms with E-state index in [1.807, 2.05) is 12.1 Å². The van der Waals surface area contributed by atoms with Crippen LogP contribution in [0.4, 0.5) is 11.4 Å². The quantitative estimate of drug-likeness (QED) is 0.248. The van der Waals surface area contributed by atoms with Crippen molar-refractivity contribution in [3.05, 3.63) is 139 Å². The van der Waals surface area contributed by atoms with Gasteiger partial charge in [-0.25, -0.2) is 0 Å². The molecule has 13 heteroatoms. The number of benzene rings is 4. The maximum Gasteiger partial charge on any atom is 1.00 e. The number of aryl methyl sites for hydroxylation is 2. The summed E-state index contributed by atoms with van der Waals surface area (Å²) in [6, 6.07) is 27.9. The standard InChI is InChI=1S/2C19H17ClN2O3.Na/c2*1-3-22(12-8-5-4-6-9-12)19(25)16-17(23)15-13(20)10-7-11-14(15)21(2)18(16)24;/h2*4-11,23H,3H2,1-2H3;/q;;+1. The van der Waals surface area contributed by atoms with Crippen LogP contribution >= 0.6 is 23.2 Å². The predicted molar refractivity (Wildman–Crippen MR) is 199 cm³/mol. The fraction of sp³-hybridized carbons (Fsp3) is 0.158. The summed E-state index contributed by atoms with van der Waals surface area (Å²) in [4.78, 5) is 54.4. The molecule has 6 rings (SSSR count). The fourth-order valence-electron chi connectivity index (χ4n) is 5.82. The van der Waals surface area contributed by atoms with Gasteiger partial charge in [0, 0.05) is 38.6 Å². The van der Waals surface area contributed by atoms with Gasteiger partial charge < -0.3 is 29.1 Å². The number of aromatic nitrogens is 2. The van der Waals surface area contributed by atoms with Crippen LogP contribution in [-0.4, -0.2) is 44.3 Å². The largest absolute Gasteiger partial charge is 1.00 e. The first-order valence-corrected chi connectivity index (χ1v) is 16.4. The molecule has 256 valence electrons. The molecule has 10 nitrogen and oxygen atoms in total. The number of hydrogen-bond acceptors (Lipinski definition) is 6. The van der Waals surface area contributed by atoms with Gasteiger partial charge in [0.1, 0.15) is 22.6 Å². The molecule has 0 saturated heterocycles. The van der Waals surface area contributed by atoms with E-state index in [1.54, 1.807) is 113 Å². The average Bonchev–Trinajstić information content (AvgIpc) is 3.11. The number of hydrogen-bond donors (Lipinski definition) is 2. The summed E-state index contributed by atoms with van der Waals surface area (Å²) < 4.78 is 2.65. The van der Waals surface area contributed by atoms with Crippen molar-refractivity contribution in [2.45, 2.75) is 13.8 Å². The van der Waals surface area contributed by atoms with Gasteiger partial charge in [0.2, 0.25) is 0 Å². The smallest absolute Gasteiger partial charge is 0.506 e. The van der Waals surface area contributed by atoms with E-state index in [9.17, 15) is 29.4 Å². The SMILES string of the molecule is CCN(C(=O)c1c(O)c2c(Cl)cccc2n(C)c1=O)c1ccccc1.CCN(C(=O)c1c(O)c2c(Cl)cccc2n(C)c1=O)c1ccccc1.[Na+]. The zero-order valence-electron chi connectivity index (χ0n) is 28.7. The monoisotopic (exact) mass is 735 g/mol. The minimum Gasteiger partial charge on any atom is -0.506 e. The summed E-state index contributed by atoms with van der Waals surface area (Å²) in [5, 5.41) is 22.4. The van der Waals surface area contributed by atoms with Crippen molar-refractivity contribution >= 4 is 68.2 Å². The van der Waals surface area contributed by atoms with Gasteiger partial charge >= 0.3 is 29.6 Å². The van der Waals surface area contributed by atoms with E-state index in [-0.39, 0.29) is 62.2 Å². The molecule has 4 aromatic carbocycles. The number of carbonyl (C=O) groups is 2. The van der Waals surface area contributed by atoms with Crippen LogP contribution in [0.25, 0.3) is 21.8 Å². The van der Waals surface area contributed by atoms with Crippen molar-refractivity contribution < 1.29 is 49.4 Å². The van der Waals surface area contributed by atoms with Crippen LogP contribution in [0, 0.1) is 0 Å². The summed E-state index contributed by atoms with van der Waals surface area (Å²) in [6.45, 7) is 4.32. The number of rotatable bonds is 6. The average molecular weight is 737 g/mol. The van der Waals surface area contributed by atoms with Crippen LogP contribution in [0.15, 0.2) is 107 Å². The third-order valence-corrected chi connectivity index (χ3v) is 9.01. The van der Waals surface area contributed by atoms with Crippen molar-refractivity contribution in [3.8, 4) is 11.5 Å². The molecule has 0 aliphatic heterocycles. The van der Waals surface area contributed by atoms with Crippen molar-refractivity contribution in [3.63, 3.8) is 0 Å². The van der Waals surface area contributed by atoms with Crippen LogP contribution in [0.3, 0.4) is 0 Å². The summed E-state index contributed by atoms with van der Waals surface area (Å²) in [7, 11) is 3.10. The number of halogens is 2. The Labute approximate surface area is 326 Å². The zero-order valence-corrected chi connectivity index (χ0v) is 32.2. The van der Waals surface area contributed by atoms with Gasteiger partial charge in [-0.3, -0.25) is 19.2 Å². The Morgan fingerprint density at radius 2 is 0.922 bits per heavy atom. The Morgan fingerprint density at radius 1 is 0.588 bits per heavy atom. The molecule has 51 heavy (non-hydrogen) atoms. The minimum atomic E-state index is -0.563. The van der Waals surface area contributed by atoms with Crippen LogP contribution in [-0.2, 0) is 14.1 Å². The van der Waals surface area contributed by atoms with Crippen LogP contribution in [0.2, 0.25) is 10.0 Å². The molecular weight excluding hydrogens is 702 g/mol. The Balaban J connectivity index is 0.000000224. The second kappa shape index (κ2) is 16.6. The molecule has 0 spiro atoms. The summed E-state index contributed by atoms with van der Waals surface area (Å²) in [5.41, 5.74) is 0.538. The molecule has 0 aliphatic rings. The van der Waals surface area contributed by atoms with Crippen molar-refractivity contribution in [2.24, 2.45) is 14.1 Å². The summed E-state index contributed by atoms with van der Waals surface area (Å²) in [6.07, 6.45) is 0. The van der Waals surface area contributed by atoms with E-state index in [0.717, 1.165) is 0 Å². The Bertz CT molecular complexity index is 2200. The third kappa shape index (κ3) is 7.42. The van der Waals surface area contributed by atoms with E-state index in [0.29, 0.717) is 46.3 Å². The van der Waals surface area contributed by atoms with Gasteiger partial charge in [-0.2, -0.15) is 0 Å². The number of pyridine rings is 2. The molecule has 0 aliphatic carbocycles. The molecule has 2 aromatic heterocycles. The number of carbonyl (C=O) groups excluding carboxylic acids is 2. The molecule has 0 unspecified atom stereocenters. The Hall–Kier alpha value is -4.58. The van der Waals surface area contributed by atoms with E-state index in [1.165, 1.54) is 18.9 Å². The zero-order chi connectivity index (χ0) is 36.3. The van der Waals surface area contributed by atoms with Crippen molar-refractivity contribution in [1.29, 1.82) is 0 Å². The number of para-hydroxylation sites is 2. The Kier molecular flexibility index (Phi) is 12.8. The van der Waals surface area contributed by atoms with Crippen molar-refractivity contribution in [2.75, 3.05) is 22.9 Å². The second-order valence-corrected chi connectivity index (χ2v) is 12.0. The molecule has 6 aromatic rings. The summed E-state index contributed by atoms with van der Waals surface area (Å²) >= 11 is 12.4. The third-order valence-electron chi connectivity index (χ3n) is 8.38. The van der Waals surface area contributed by atoms with Gasteiger partial charge in [-0.1, -0.05) is 71.7 Å². The molecular formula is C38H34Cl2N4NaO6+. The van der Waals surface area contributed by atoms with Crippen LogP contribution in [0.1, 0.15) is 34.6 Å². The predicted octanol–water partition coefficient (Wildman–Crippen LogP) is 4.13. The van der Waals surface area contributed by atoms with E-state index in [2.05, 4.69) is 0 Å². The normalized spacial score (nSPS) is 10.6. The summed E-state index contributed by atoms with van der Waals surface area (Å²) in [5.74, 6) is -1.89. The molecule has 0 saturated carbocycles. The molecule has 0 bridgehead atoms.